The molecule has 14 heavy (non-hydrogen) atoms. The van der Waals surface area contributed by atoms with Crippen molar-refractivity contribution in [1.82, 2.24) is 5.32 Å². The normalized spacial score (nSPS) is 13.1. The molecule has 0 radical (unpaired) electrons. The van der Waals surface area contributed by atoms with Crippen molar-refractivity contribution in [2.75, 3.05) is 26.8 Å². The number of aryl methyl sites for hydroxylation is 1. The summed E-state index contributed by atoms with van der Waals surface area (Å²) in [4.78, 5) is 2.63. The van der Waals surface area contributed by atoms with Gasteiger partial charge < -0.3 is 15.8 Å². The van der Waals surface area contributed by atoms with Crippen LogP contribution in [-0.4, -0.2) is 26.8 Å². The van der Waals surface area contributed by atoms with Crippen LogP contribution in [0.3, 0.4) is 0 Å². The molecule has 1 aromatic heterocycles. The molecule has 1 rings (SSSR count). The molecule has 80 valence electrons. The predicted octanol–water partition coefficient (Wildman–Crippen LogP) is 1.29. The molecular formula is C10H18N2OS. The van der Waals surface area contributed by atoms with E-state index in [1.807, 2.05) is 0 Å². The van der Waals surface area contributed by atoms with Gasteiger partial charge in [-0.1, -0.05) is 0 Å². The molecule has 0 saturated heterocycles. The summed E-state index contributed by atoms with van der Waals surface area (Å²) in [7, 11) is 1.70. The molecule has 0 saturated carbocycles. The van der Waals surface area contributed by atoms with Gasteiger partial charge in [0.15, 0.2) is 0 Å². The third-order valence-electron chi connectivity index (χ3n) is 2.04. The molecule has 0 aromatic carbocycles. The van der Waals surface area contributed by atoms with Gasteiger partial charge >= 0.3 is 0 Å². The highest BCUT2D eigenvalue weighted by Gasteiger charge is 2.09. The summed E-state index contributed by atoms with van der Waals surface area (Å²) in [5.74, 6) is 0. The molecule has 0 aliphatic rings. The molecule has 3 nitrogen and oxygen atoms in total. The van der Waals surface area contributed by atoms with Crippen LogP contribution < -0.4 is 11.1 Å². The number of nitrogens with one attached hydrogen (secondary N) is 1. The maximum atomic E-state index is 5.70. The maximum Gasteiger partial charge on any atom is 0.0587 e. The molecule has 0 amide bonds. The summed E-state index contributed by atoms with van der Waals surface area (Å²) in [6.45, 7) is 4.30. The third kappa shape index (κ3) is 3.38. The number of hydrogen-bond acceptors (Lipinski definition) is 4. The first-order chi connectivity index (χ1) is 6.77. The fraction of sp³-hybridized carbons (Fsp3) is 0.600. The minimum Gasteiger partial charge on any atom is -0.383 e. The second-order valence-electron chi connectivity index (χ2n) is 3.18. The quantitative estimate of drug-likeness (QED) is 0.702. The molecule has 1 heterocycles. The van der Waals surface area contributed by atoms with Gasteiger partial charge in [-0.15, -0.1) is 11.3 Å². The Bertz CT molecular complexity index is 262. The lowest BCUT2D eigenvalue weighted by Crippen LogP contribution is -2.30. The number of methoxy groups -OCH3 is 1. The molecule has 0 aliphatic carbocycles. The van der Waals surface area contributed by atoms with E-state index < -0.39 is 0 Å². The van der Waals surface area contributed by atoms with Crippen LogP contribution in [0.5, 0.6) is 0 Å². The Labute approximate surface area is 89.3 Å². The van der Waals surface area contributed by atoms with Crippen molar-refractivity contribution >= 4 is 11.3 Å². The highest BCUT2D eigenvalue weighted by atomic mass is 32.1. The van der Waals surface area contributed by atoms with Crippen LogP contribution in [0.15, 0.2) is 12.1 Å². The van der Waals surface area contributed by atoms with Crippen LogP contribution in [0, 0.1) is 6.92 Å². The van der Waals surface area contributed by atoms with Crippen LogP contribution >= 0.6 is 11.3 Å². The molecule has 1 unspecified atom stereocenters. The van der Waals surface area contributed by atoms with Gasteiger partial charge in [0.2, 0.25) is 0 Å². The number of ether oxygens (including phenoxy) is 1. The Morgan fingerprint density at radius 2 is 2.36 bits per heavy atom. The standard InChI is InChI=1S/C10H18N2OS/c1-8-3-4-10(14-8)9(7-11)12-5-6-13-2/h3-4,9,12H,5-7,11H2,1-2H3. The summed E-state index contributed by atoms with van der Waals surface area (Å²) >= 11 is 1.80. The third-order valence-corrected chi connectivity index (χ3v) is 3.15. The van der Waals surface area contributed by atoms with E-state index in [1.165, 1.54) is 9.75 Å². The largest absolute Gasteiger partial charge is 0.383 e. The summed E-state index contributed by atoms with van der Waals surface area (Å²) in [5.41, 5.74) is 5.70. The molecule has 0 spiro atoms. The average Bonchev–Trinajstić information content (AvgIpc) is 2.60. The van der Waals surface area contributed by atoms with Gasteiger partial charge in [0.1, 0.15) is 0 Å². The minimum absolute atomic E-state index is 0.267. The van der Waals surface area contributed by atoms with Crippen LogP contribution in [0.1, 0.15) is 15.8 Å². The summed E-state index contributed by atoms with van der Waals surface area (Å²) in [5, 5.41) is 3.36. The number of hydrogen-bond donors (Lipinski definition) is 2. The Hall–Kier alpha value is -0.420. The summed E-state index contributed by atoms with van der Waals surface area (Å²) < 4.78 is 4.98. The van der Waals surface area contributed by atoms with E-state index in [-0.39, 0.29) is 6.04 Å². The van der Waals surface area contributed by atoms with Crippen molar-refractivity contribution < 1.29 is 4.74 Å². The molecular weight excluding hydrogens is 196 g/mol. The second-order valence-corrected chi connectivity index (χ2v) is 4.50. The van der Waals surface area contributed by atoms with Crippen molar-refractivity contribution in [3.05, 3.63) is 21.9 Å². The van der Waals surface area contributed by atoms with Crippen molar-refractivity contribution in [2.45, 2.75) is 13.0 Å². The van der Waals surface area contributed by atoms with E-state index in [9.17, 15) is 0 Å². The van der Waals surface area contributed by atoms with Gasteiger partial charge in [-0.3, -0.25) is 0 Å². The van der Waals surface area contributed by atoms with Crippen LogP contribution in [0.2, 0.25) is 0 Å². The summed E-state index contributed by atoms with van der Waals surface area (Å²) in [6.07, 6.45) is 0. The van der Waals surface area contributed by atoms with Gasteiger partial charge in [0.05, 0.1) is 12.6 Å². The maximum absolute atomic E-state index is 5.70. The molecule has 0 fully saturated rings. The topological polar surface area (TPSA) is 47.3 Å². The Kier molecular flexibility index (Phi) is 5.11. The van der Waals surface area contributed by atoms with E-state index in [1.54, 1.807) is 18.4 Å². The zero-order chi connectivity index (χ0) is 10.4. The molecule has 1 aromatic rings. The lowest BCUT2D eigenvalue weighted by molar-refractivity contribution is 0.196. The zero-order valence-electron chi connectivity index (χ0n) is 8.75. The fourth-order valence-electron chi connectivity index (χ4n) is 1.28. The number of thiophene rings is 1. The van der Waals surface area contributed by atoms with Crippen LogP contribution in [0.25, 0.3) is 0 Å². The monoisotopic (exact) mass is 214 g/mol. The Morgan fingerprint density at radius 3 is 2.86 bits per heavy atom. The highest BCUT2D eigenvalue weighted by molar-refractivity contribution is 7.12. The minimum atomic E-state index is 0.267. The SMILES string of the molecule is COCCNC(CN)c1ccc(C)s1. The van der Waals surface area contributed by atoms with E-state index in [0.717, 1.165) is 13.2 Å². The van der Waals surface area contributed by atoms with Gasteiger partial charge in [-0.2, -0.15) is 0 Å². The predicted molar refractivity (Wildman–Crippen MR) is 60.7 cm³/mol. The van der Waals surface area contributed by atoms with Crippen molar-refractivity contribution in [2.24, 2.45) is 5.73 Å². The number of nitrogens with two attached hydrogens (primary N) is 1. The average molecular weight is 214 g/mol. The molecule has 0 aliphatic heterocycles. The van der Waals surface area contributed by atoms with Gasteiger partial charge in [-0.05, 0) is 19.1 Å². The smallest absolute Gasteiger partial charge is 0.0587 e. The molecule has 1 atom stereocenters. The van der Waals surface area contributed by atoms with Gasteiger partial charge in [0.25, 0.3) is 0 Å². The first kappa shape index (κ1) is 11.7. The molecule has 0 bridgehead atoms. The fourth-order valence-corrected chi connectivity index (χ4v) is 2.24. The zero-order valence-corrected chi connectivity index (χ0v) is 9.56. The highest BCUT2D eigenvalue weighted by Crippen LogP contribution is 2.21. The Balaban J connectivity index is 2.45. The van der Waals surface area contributed by atoms with Gasteiger partial charge in [0, 0.05) is 30.0 Å². The molecule has 3 N–H and O–H groups in total. The second kappa shape index (κ2) is 6.14. The number of rotatable bonds is 6. The van der Waals surface area contributed by atoms with Crippen molar-refractivity contribution in [3.63, 3.8) is 0 Å². The lowest BCUT2D eigenvalue weighted by atomic mass is 10.2. The van der Waals surface area contributed by atoms with Crippen LogP contribution in [-0.2, 0) is 4.74 Å². The van der Waals surface area contributed by atoms with E-state index in [0.29, 0.717) is 6.54 Å². The first-order valence-corrected chi connectivity index (χ1v) is 5.58. The van der Waals surface area contributed by atoms with Crippen molar-refractivity contribution in [1.29, 1.82) is 0 Å². The van der Waals surface area contributed by atoms with E-state index in [4.69, 9.17) is 10.5 Å². The van der Waals surface area contributed by atoms with E-state index >= 15 is 0 Å². The van der Waals surface area contributed by atoms with Crippen LogP contribution in [0.4, 0.5) is 0 Å². The van der Waals surface area contributed by atoms with E-state index in [2.05, 4.69) is 24.4 Å². The molecule has 4 heteroatoms. The first-order valence-electron chi connectivity index (χ1n) is 4.76. The Morgan fingerprint density at radius 1 is 1.57 bits per heavy atom. The lowest BCUT2D eigenvalue weighted by Gasteiger charge is -2.14. The summed E-state index contributed by atoms with van der Waals surface area (Å²) in [6, 6.07) is 4.53. The van der Waals surface area contributed by atoms with Gasteiger partial charge in [-0.25, -0.2) is 0 Å². The van der Waals surface area contributed by atoms with Crippen molar-refractivity contribution in [3.8, 4) is 0 Å².